The van der Waals surface area contributed by atoms with Gasteiger partial charge in [0.05, 0.1) is 17.6 Å². The van der Waals surface area contributed by atoms with E-state index in [0.717, 1.165) is 29.9 Å². The highest BCUT2D eigenvalue weighted by Crippen LogP contribution is 2.20. The van der Waals surface area contributed by atoms with Gasteiger partial charge in [-0.15, -0.1) is 0 Å². The monoisotopic (exact) mass is 363 g/mol. The lowest BCUT2D eigenvalue weighted by Crippen LogP contribution is -2.25. The summed E-state index contributed by atoms with van der Waals surface area (Å²) in [5.41, 5.74) is 2.85. The predicted molar refractivity (Wildman–Crippen MR) is 99.8 cm³/mol. The number of hydrogen-bond donors (Lipinski definition) is 1. The van der Waals surface area contributed by atoms with Crippen molar-refractivity contribution in [2.45, 2.75) is 13.0 Å². The summed E-state index contributed by atoms with van der Waals surface area (Å²) in [6.07, 6.45) is 9.79. The number of benzene rings is 1. The van der Waals surface area contributed by atoms with Gasteiger partial charge in [0.25, 0.3) is 5.91 Å². The Hall–Kier alpha value is -3.48. The predicted octanol–water partition coefficient (Wildman–Crippen LogP) is 3.16. The summed E-state index contributed by atoms with van der Waals surface area (Å²) >= 11 is 0. The summed E-state index contributed by atoms with van der Waals surface area (Å²) in [7, 11) is 0. The molecule has 0 spiro atoms. The van der Waals surface area contributed by atoms with E-state index in [2.05, 4.69) is 15.3 Å². The van der Waals surface area contributed by atoms with Crippen molar-refractivity contribution < 1.29 is 9.18 Å². The number of amides is 1. The number of carbonyl (C=O) groups is 1. The first kappa shape index (κ1) is 17.0. The van der Waals surface area contributed by atoms with Gasteiger partial charge in [0, 0.05) is 43.4 Å². The number of nitrogens with one attached hydrogen (secondary N) is 1. The number of hydrogen-bond acceptors (Lipinski definition) is 3. The van der Waals surface area contributed by atoms with E-state index in [1.54, 1.807) is 47.4 Å². The molecule has 0 radical (unpaired) electrons. The topological polar surface area (TPSA) is 64.2 Å². The molecule has 4 aromatic rings. The fraction of sp³-hybridized carbons (Fsp3) is 0.150. The van der Waals surface area contributed by atoms with E-state index in [4.69, 9.17) is 0 Å². The molecule has 3 aromatic heterocycles. The molecule has 0 atom stereocenters. The fourth-order valence-electron chi connectivity index (χ4n) is 2.87. The van der Waals surface area contributed by atoms with Crippen LogP contribution in [0.3, 0.4) is 0 Å². The summed E-state index contributed by atoms with van der Waals surface area (Å²) in [5.74, 6) is -0.408. The summed E-state index contributed by atoms with van der Waals surface area (Å²) in [4.78, 5) is 20.9. The van der Waals surface area contributed by atoms with Crippen LogP contribution in [-0.4, -0.2) is 31.4 Å². The van der Waals surface area contributed by atoms with Crippen LogP contribution in [0.25, 0.3) is 16.9 Å². The minimum absolute atomic E-state index is 0.125. The first-order chi connectivity index (χ1) is 13.2. The van der Waals surface area contributed by atoms with Gasteiger partial charge in [0.2, 0.25) is 0 Å². The number of carbonyl (C=O) groups excluding carboxylic acids is 1. The molecule has 3 heterocycles. The Labute approximate surface area is 155 Å². The van der Waals surface area contributed by atoms with E-state index in [1.165, 1.54) is 12.1 Å². The van der Waals surface area contributed by atoms with Crippen LogP contribution in [-0.2, 0) is 6.54 Å². The van der Waals surface area contributed by atoms with Crippen molar-refractivity contribution in [2.75, 3.05) is 6.54 Å². The van der Waals surface area contributed by atoms with E-state index in [0.29, 0.717) is 12.1 Å². The van der Waals surface area contributed by atoms with Crippen LogP contribution in [0, 0.1) is 5.82 Å². The Balaban J connectivity index is 1.43. The first-order valence-electron chi connectivity index (χ1n) is 8.68. The second kappa shape index (κ2) is 7.41. The largest absolute Gasteiger partial charge is 0.352 e. The Kier molecular flexibility index (Phi) is 4.65. The number of aryl methyl sites for hydroxylation is 1. The normalized spacial score (nSPS) is 11.0. The minimum Gasteiger partial charge on any atom is -0.352 e. The van der Waals surface area contributed by atoms with Crippen molar-refractivity contribution in [3.63, 3.8) is 0 Å². The minimum atomic E-state index is -0.283. The van der Waals surface area contributed by atoms with Gasteiger partial charge in [-0.2, -0.15) is 0 Å². The Morgan fingerprint density at radius 2 is 1.96 bits per heavy atom. The Bertz CT molecular complexity index is 1050. The molecule has 136 valence electrons. The van der Waals surface area contributed by atoms with Gasteiger partial charge in [0.1, 0.15) is 11.5 Å². The SMILES string of the molecule is O=C(NCCCn1ccnc1)c1ccc2nc(-c3ccc(F)cc3)cn2c1. The van der Waals surface area contributed by atoms with E-state index < -0.39 is 0 Å². The van der Waals surface area contributed by atoms with Gasteiger partial charge >= 0.3 is 0 Å². The summed E-state index contributed by atoms with van der Waals surface area (Å²) in [6.45, 7) is 1.39. The summed E-state index contributed by atoms with van der Waals surface area (Å²) in [5, 5.41) is 2.92. The van der Waals surface area contributed by atoms with E-state index in [-0.39, 0.29) is 11.7 Å². The number of aromatic nitrogens is 4. The van der Waals surface area contributed by atoms with Crippen LogP contribution in [0.1, 0.15) is 16.8 Å². The highest BCUT2D eigenvalue weighted by molar-refractivity contribution is 5.94. The third-order valence-corrected chi connectivity index (χ3v) is 4.29. The number of pyridine rings is 1. The smallest absolute Gasteiger partial charge is 0.252 e. The van der Waals surface area contributed by atoms with Gasteiger partial charge in [-0.05, 0) is 42.8 Å². The molecule has 0 unspecified atom stereocenters. The summed E-state index contributed by atoms with van der Waals surface area (Å²) < 4.78 is 16.9. The van der Waals surface area contributed by atoms with Crippen molar-refractivity contribution in [3.8, 4) is 11.3 Å². The molecule has 0 aliphatic carbocycles. The number of nitrogens with zero attached hydrogens (tertiary/aromatic N) is 4. The van der Waals surface area contributed by atoms with Crippen molar-refractivity contribution >= 4 is 11.6 Å². The van der Waals surface area contributed by atoms with Crippen LogP contribution < -0.4 is 5.32 Å². The van der Waals surface area contributed by atoms with Crippen molar-refractivity contribution in [2.24, 2.45) is 0 Å². The molecular formula is C20H18FN5O. The highest BCUT2D eigenvalue weighted by atomic mass is 19.1. The third-order valence-electron chi connectivity index (χ3n) is 4.29. The van der Waals surface area contributed by atoms with Gasteiger partial charge in [0.15, 0.2) is 0 Å². The number of imidazole rings is 2. The second-order valence-corrected chi connectivity index (χ2v) is 6.23. The molecule has 0 bridgehead atoms. The van der Waals surface area contributed by atoms with Crippen molar-refractivity contribution in [3.05, 3.63) is 78.9 Å². The molecule has 0 saturated heterocycles. The molecule has 4 rings (SSSR count). The molecule has 0 aliphatic heterocycles. The van der Waals surface area contributed by atoms with Crippen molar-refractivity contribution in [1.82, 2.24) is 24.3 Å². The quantitative estimate of drug-likeness (QED) is 0.535. The van der Waals surface area contributed by atoms with Gasteiger partial charge in [-0.3, -0.25) is 4.79 Å². The molecular weight excluding hydrogens is 345 g/mol. The van der Waals surface area contributed by atoms with E-state index >= 15 is 0 Å². The zero-order chi connectivity index (χ0) is 18.6. The van der Waals surface area contributed by atoms with Crippen LogP contribution in [0.5, 0.6) is 0 Å². The Morgan fingerprint density at radius 3 is 2.74 bits per heavy atom. The Morgan fingerprint density at radius 1 is 1.11 bits per heavy atom. The fourth-order valence-corrected chi connectivity index (χ4v) is 2.87. The lowest BCUT2D eigenvalue weighted by molar-refractivity contribution is 0.0952. The molecule has 27 heavy (non-hydrogen) atoms. The van der Waals surface area contributed by atoms with Gasteiger partial charge in [-0.25, -0.2) is 14.4 Å². The lowest BCUT2D eigenvalue weighted by Gasteiger charge is -2.06. The van der Waals surface area contributed by atoms with Crippen LogP contribution in [0.4, 0.5) is 4.39 Å². The van der Waals surface area contributed by atoms with E-state index in [9.17, 15) is 9.18 Å². The van der Waals surface area contributed by atoms with Crippen LogP contribution in [0.2, 0.25) is 0 Å². The maximum absolute atomic E-state index is 13.1. The zero-order valence-electron chi connectivity index (χ0n) is 14.5. The van der Waals surface area contributed by atoms with Gasteiger partial charge in [-0.1, -0.05) is 0 Å². The number of halogens is 1. The third kappa shape index (κ3) is 3.87. The van der Waals surface area contributed by atoms with Gasteiger partial charge < -0.3 is 14.3 Å². The maximum atomic E-state index is 13.1. The molecule has 1 N–H and O–H groups in total. The van der Waals surface area contributed by atoms with Crippen LogP contribution in [0.15, 0.2) is 67.5 Å². The number of rotatable bonds is 6. The highest BCUT2D eigenvalue weighted by Gasteiger charge is 2.09. The van der Waals surface area contributed by atoms with Crippen molar-refractivity contribution in [1.29, 1.82) is 0 Å². The summed E-state index contributed by atoms with van der Waals surface area (Å²) in [6, 6.07) is 9.73. The molecule has 1 amide bonds. The van der Waals surface area contributed by atoms with Crippen LogP contribution >= 0.6 is 0 Å². The zero-order valence-corrected chi connectivity index (χ0v) is 14.5. The molecule has 1 aromatic carbocycles. The second-order valence-electron chi connectivity index (χ2n) is 6.23. The number of fused-ring (bicyclic) bond motifs is 1. The molecule has 0 saturated carbocycles. The van der Waals surface area contributed by atoms with E-state index in [1.807, 2.05) is 17.0 Å². The average Bonchev–Trinajstić information content (AvgIpc) is 3.34. The lowest BCUT2D eigenvalue weighted by atomic mass is 10.2. The molecule has 7 heteroatoms. The standard InChI is InChI=1S/C20H18FN5O/c21-17-5-2-15(3-6-17)18-13-26-12-16(4-7-19(26)24-18)20(27)23-8-1-10-25-11-9-22-14-25/h2-7,9,11-14H,1,8,10H2,(H,23,27). The molecule has 6 nitrogen and oxygen atoms in total. The average molecular weight is 363 g/mol. The maximum Gasteiger partial charge on any atom is 0.252 e. The first-order valence-corrected chi connectivity index (χ1v) is 8.68. The molecule has 0 aliphatic rings. The molecule has 0 fully saturated rings.